The molecule has 15 heteroatoms. The van der Waals surface area contributed by atoms with Crippen molar-refractivity contribution in [2.75, 3.05) is 10.6 Å². The number of ketones is 2. The van der Waals surface area contributed by atoms with E-state index in [0.717, 1.165) is 36.4 Å². The lowest BCUT2D eigenvalue weighted by Gasteiger charge is -2.14. The van der Waals surface area contributed by atoms with Crippen LogP contribution >= 0.6 is 23.2 Å². The molecule has 43 heavy (non-hydrogen) atoms. The first kappa shape index (κ1) is 30.3. The summed E-state index contributed by atoms with van der Waals surface area (Å²) in [7, 11) is 0. The van der Waals surface area contributed by atoms with E-state index in [1.807, 2.05) is 5.32 Å². The number of benzene rings is 4. The number of hydrogen-bond donors (Lipinski definition) is 3. The van der Waals surface area contributed by atoms with Gasteiger partial charge in [-0.3, -0.25) is 35.1 Å². The molecule has 4 aromatic rings. The molecule has 216 valence electrons. The van der Waals surface area contributed by atoms with Crippen LogP contribution in [-0.2, 0) is 0 Å². The topological polar surface area (TPSA) is 191 Å². The monoisotopic (exact) mass is 621 g/mol. The predicted octanol–water partition coefficient (Wildman–Crippen LogP) is 6.63. The molecule has 3 N–H and O–H groups in total. The average Bonchev–Trinajstić information content (AvgIpc) is 2.97. The lowest BCUT2D eigenvalue weighted by molar-refractivity contribution is -0.385. The minimum atomic E-state index is -1.15. The quantitative estimate of drug-likeness (QED) is 0.111. The van der Waals surface area contributed by atoms with Gasteiger partial charge in [-0.05, 0) is 36.4 Å². The van der Waals surface area contributed by atoms with Crippen LogP contribution in [0.2, 0.25) is 10.0 Å². The number of amides is 4. The summed E-state index contributed by atoms with van der Waals surface area (Å²) >= 11 is 12.2. The van der Waals surface area contributed by atoms with E-state index in [4.69, 9.17) is 23.2 Å². The Labute approximate surface area is 251 Å². The van der Waals surface area contributed by atoms with Gasteiger partial charge in [0.1, 0.15) is 0 Å². The molecule has 0 saturated heterocycles. The Bertz CT molecular complexity index is 1700. The summed E-state index contributed by atoms with van der Waals surface area (Å²) in [6.07, 6.45) is 0. The van der Waals surface area contributed by atoms with E-state index < -0.39 is 44.9 Å². The molecule has 0 aliphatic carbocycles. The van der Waals surface area contributed by atoms with Gasteiger partial charge in [0.25, 0.3) is 11.4 Å². The van der Waals surface area contributed by atoms with Crippen LogP contribution in [0, 0.1) is 20.2 Å². The molecule has 4 aromatic carbocycles. The first-order chi connectivity index (χ1) is 20.5. The molecule has 0 aromatic heterocycles. The Hall–Kier alpha value is -5.66. The van der Waals surface area contributed by atoms with Crippen molar-refractivity contribution in [1.29, 1.82) is 0 Å². The van der Waals surface area contributed by atoms with Crippen molar-refractivity contribution in [3.63, 3.8) is 0 Å². The van der Waals surface area contributed by atoms with Gasteiger partial charge in [-0.1, -0.05) is 47.5 Å². The van der Waals surface area contributed by atoms with Crippen molar-refractivity contribution in [3.05, 3.63) is 137 Å². The lowest BCUT2D eigenvalue weighted by atomic mass is 10.0. The second-order valence-electron chi connectivity index (χ2n) is 8.63. The maximum atomic E-state index is 13.2. The summed E-state index contributed by atoms with van der Waals surface area (Å²) in [5.41, 5.74) is -1.75. The summed E-state index contributed by atoms with van der Waals surface area (Å²) in [5, 5.41) is 29.3. The fourth-order valence-electron chi connectivity index (χ4n) is 3.88. The first-order valence-electron chi connectivity index (χ1n) is 12.0. The molecule has 0 bridgehead atoms. The predicted molar refractivity (Wildman–Crippen MR) is 157 cm³/mol. The third-order valence-electron chi connectivity index (χ3n) is 5.88. The molecule has 0 fully saturated rings. The number of nitro groups is 2. The molecule has 0 atom stereocenters. The zero-order valence-electron chi connectivity index (χ0n) is 21.5. The third-order valence-corrected chi connectivity index (χ3v) is 6.54. The smallest absolute Gasteiger partial charge is 0.307 e. The van der Waals surface area contributed by atoms with E-state index in [2.05, 4.69) is 10.6 Å². The molecular weight excluding hydrogens is 605 g/mol. The minimum absolute atomic E-state index is 0.0137. The number of imide groups is 1. The molecule has 0 spiro atoms. The Balaban J connectivity index is 1.58. The number of hydrogen-bond acceptors (Lipinski definition) is 8. The highest BCUT2D eigenvalue weighted by molar-refractivity contribution is 6.36. The zero-order valence-corrected chi connectivity index (χ0v) is 23.0. The minimum Gasteiger partial charge on any atom is -0.307 e. The van der Waals surface area contributed by atoms with E-state index in [0.29, 0.717) is 0 Å². The van der Waals surface area contributed by atoms with Crippen molar-refractivity contribution in [1.82, 2.24) is 5.32 Å². The van der Waals surface area contributed by atoms with E-state index in [9.17, 15) is 39.4 Å². The van der Waals surface area contributed by atoms with Crippen molar-refractivity contribution in [2.45, 2.75) is 0 Å². The summed E-state index contributed by atoms with van der Waals surface area (Å²) in [6, 6.07) is 15.8. The molecular formula is C28H17Cl2N5O8. The molecule has 0 aliphatic heterocycles. The Morgan fingerprint density at radius 3 is 1.28 bits per heavy atom. The highest BCUT2D eigenvalue weighted by Crippen LogP contribution is 2.29. The van der Waals surface area contributed by atoms with Crippen LogP contribution in [0.1, 0.15) is 31.8 Å². The van der Waals surface area contributed by atoms with Crippen LogP contribution in [-0.4, -0.2) is 33.5 Å². The number of anilines is 2. The van der Waals surface area contributed by atoms with Gasteiger partial charge >= 0.3 is 12.1 Å². The molecule has 0 radical (unpaired) electrons. The highest BCUT2D eigenvalue weighted by Gasteiger charge is 2.24. The summed E-state index contributed by atoms with van der Waals surface area (Å²) in [4.78, 5) is 73.0. The number of nitro benzene ring substituents is 2. The molecule has 0 heterocycles. The zero-order chi connectivity index (χ0) is 31.3. The molecule has 4 amide bonds. The fourth-order valence-corrected chi connectivity index (χ4v) is 4.32. The van der Waals surface area contributed by atoms with Crippen molar-refractivity contribution >= 4 is 69.6 Å². The lowest BCUT2D eigenvalue weighted by Crippen LogP contribution is -2.38. The first-order valence-corrected chi connectivity index (χ1v) is 12.8. The van der Waals surface area contributed by atoms with Gasteiger partial charge in [0.15, 0.2) is 11.6 Å². The van der Waals surface area contributed by atoms with Crippen molar-refractivity contribution < 1.29 is 29.0 Å². The largest absolute Gasteiger partial charge is 0.327 e. The van der Waals surface area contributed by atoms with E-state index in [1.54, 1.807) is 12.1 Å². The van der Waals surface area contributed by atoms with Crippen LogP contribution in [0.4, 0.5) is 32.3 Å². The second-order valence-corrected chi connectivity index (χ2v) is 9.44. The van der Waals surface area contributed by atoms with Gasteiger partial charge in [-0.25, -0.2) is 9.59 Å². The number of carbonyl (C=O) groups is 4. The van der Waals surface area contributed by atoms with Crippen molar-refractivity contribution in [3.8, 4) is 0 Å². The van der Waals surface area contributed by atoms with Crippen LogP contribution in [0.5, 0.6) is 0 Å². The maximum absolute atomic E-state index is 13.2. The standard InChI is InChI=1S/C28H17Cl2N5O8/c29-21-7-3-1-5-17(21)25(36)19-13-15(34(40)41)9-11-23(19)31-27(38)33-28(39)32-24-12-10-16(35(42)43)14-20(24)26(37)18-6-2-4-8-22(18)30/h1-14H,(H3,31,32,33,38,39). The van der Waals surface area contributed by atoms with E-state index in [1.165, 1.54) is 36.4 Å². The van der Waals surface area contributed by atoms with Crippen molar-refractivity contribution in [2.24, 2.45) is 0 Å². The number of carbonyl (C=O) groups excluding carboxylic acids is 4. The number of nitrogens with zero attached hydrogens (tertiary/aromatic N) is 2. The number of nitrogens with one attached hydrogen (secondary N) is 3. The molecule has 0 aliphatic rings. The number of rotatable bonds is 8. The molecule has 0 unspecified atom stereocenters. The van der Waals surface area contributed by atoms with Crippen LogP contribution in [0.3, 0.4) is 0 Å². The van der Waals surface area contributed by atoms with Crippen LogP contribution in [0.25, 0.3) is 0 Å². The van der Waals surface area contributed by atoms with E-state index in [-0.39, 0.29) is 43.7 Å². The molecule has 13 nitrogen and oxygen atoms in total. The molecule has 0 saturated carbocycles. The highest BCUT2D eigenvalue weighted by atomic mass is 35.5. The van der Waals surface area contributed by atoms with Crippen LogP contribution < -0.4 is 16.0 Å². The Morgan fingerprint density at radius 1 is 0.558 bits per heavy atom. The van der Waals surface area contributed by atoms with Gasteiger partial charge in [-0.2, -0.15) is 0 Å². The third kappa shape index (κ3) is 6.98. The normalized spacial score (nSPS) is 10.4. The Kier molecular flexibility index (Phi) is 9.08. The maximum Gasteiger partial charge on any atom is 0.327 e. The van der Waals surface area contributed by atoms with Gasteiger partial charge in [0.05, 0.1) is 42.4 Å². The summed E-state index contributed by atoms with van der Waals surface area (Å²) in [5.74, 6) is -1.47. The van der Waals surface area contributed by atoms with Gasteiger partial charge in [0, 0.05) is 35.4 Å². The number of urea groups is 2. The summed E-state index contributed by atoms with van der Waals surface area (Å²) in [6.45, 7) is 0. The van der Waals surface area contributed by atoms with Crippen LogP contribution in [0.15, 0.2) is 84.9 Å². The Morgan fingerprint density at radius 2 is 0.930 bits per heavy atom. The second kappa shape index (κ2) is 12.9. The summed E-state index contributed by atoms with van der Waals surface area (Å²) < 4.78 is 0. The SMILES string of the molecule is O=C(NC(=O)Nc1ccc([N+](=O)[O-])cc1C(=O)c1ccccc1Cl)Nc1ccc([N+](=O)[O-])cc1C(=O)c1ccccc1Cl. The van der Waals surface area contributed by atoms with Gasteiger partial charge in [0.2, 0.25) is 0 Å². The fraction of sp³-hybridized carbons (Fsp3) is 0. The number of halogens is 2. The van der Waals surface area contributed by atoms with Gasteiger partial charge < -0.3 is 10.6 Å². The number of non-ortho nitro benzene ring substituents is 2. The van der Waals surface area contributed by atoms with E-state index >= 15 is 0 Å². The van der Waals surface area contributed by atoms with Gasteiger partial charge in [-0.15, -0.1) is 0 Å². The molecule has 4 rings (SSSR count). The average molecular weight is 622 g/mol.